The number of aliphatic carboxylic acids is 1. The maximum atomic E-state index is 12.9. The molecule has 7 nitrogen and oxygen atoms in total. The number of nitrogens with zero attached hydrogens (tertiary/aromatic N) is 2. The topological polar surface area (TPSA) is 83.2 Å². The maximum Gasteiger partial charge on any atom is 0.490 e. The van der Waals surface area contributed by atoms with Gasteiger partial charge in [-0.15, -0.1) is 0 Å². The molecule has 0 bridgehead atoms. The Labute approximate surface area is 185 Å². The number of carboxylic acids is 1. The van der Waals surface area contributed by atoms with Crippen molar-refractivity contribution in [3.05, 3.63) is 23.2 Å². The molecule has 1 N–H and O–H groups in total. The highest BCUT2D eigenvalue weighted by Gasteiger charge is 2.50. The Morgan fingerprint density at radius 2 is 1.91 bits per heavy atom. The van der Waals surface area contributed by atoms with Gasteiger partial charge in [0.1, 0.15) is 11.5 Å². The van der Waals surface area contributed by atoms with Gasteiger partial charge >= 0.3 is 12.1 Å². The van der Waals surface area contributed by atoms with Crippen LogP contribution in [0.2, 0.25) is 0 Å². The maximum absolute atomic E-state index is 12.9. The van der Waals surface area contributed by atoms with E-state index in [0.717, 1.165) is 68.8 Å². The molecule has 1 aromatic heterocycles. The van der Waals surface area contributed by atoms with Gasteiger partial charge in [0, 0.05) is 44.1 Å². The Kier molecular flexibility index (Phi) is 7.24. The molecular weight excluding hydrogens is 429 g/mol. The van der Waals surface area contributed by atoms with E-state index in [4.69, 9.17) is 19.1 Å². The summed E-state index contributed by atoms with van der Waals surface area (Å²) in [6, 6.07) is 1.87. The summed E-state index contributed by atoms with van der Waals surface area (Å²) in [5, 5.41) is 7.12. The molecule has 180 valence electrons. The van der Waals surface area contributed by atoms with E-state index >= 15 is 0 Å². The van der Waals surface area contributed by atoms with Crippen LogP contribution < -0.4 is 0 Å². The third kappa shape index (κ3) is 5.83. The van der Waals surface area contributed by atoms with E-state index in [9.17, 15) is 18.0 Å². The van der Waals surface area contributed by atoms with Crippen molar-refractivity contribution in [1.82, 2.24) is 9.80 Å². The highest BCUT2D eigenvalue weighted by Crippen LogP contribution is 2.44. The highest BCUT2D eigenvalue weighted by atomic mass is 19.4. The number of rotatable bonds is 5. The first-order chi connectivity index (χ1) is 14.9. The summed E-state index contributed by atoms with van der Waals surface area (Å²) in [7, 11) is 2.19. The summed E-state index contributed by atoms with van der Waals surface area (Å²) < 4.78 is 43.3. The van der Waals surface area contributed by atoms with Crippen molar-refractivity contribution in [1.29, 1.82) is 0 Å². The number of ether oxygens (including phenoxy) is 1. The number of hydrogen-bond donors (Lipinski definition) is 1. The lowest BCUT2D eigenvalue weighted by Crippen LogP contribution is -2.38. The summed E-state index contributed by atoms with van der Waals surface area (Å²) in [5.41, 5.74) is 0.920. The number of alkyl halides is 3. The van der Waals surface area contributed by atoms with Crippen LogP contribution in [0.5, 0.6) is 0 Å². The average molecular weight is 460 g/mol. The Balaban J connectivity index is 0.000000360. The zero-order chi connectivity index (χ0) is 23.7. The van der Waals surface area contributed by atoms with Crippen molar-refractivity contribution in [2.45, 2.75) is 39.3 Å². The first-order valence-corrected chi connectivity index (χ1v) is 10.8. The van der Waals surface area contributed by atoms with Crippen LogP contribution in [0.25, 0.3) is 0 Å². The van der Waals surface area contributed by atoms with Crippen molar-refractivity contribution < 1.29 is 37.0 Å². The zero-order valence-corrected chi connectivity index (χ0v) is 18.7. The van der Waals surface area contributed by atoms with Crippen LogP contribution in [0, 0.1) is 31.1 Å². The van der Waals surface area contributed by atoms with Crippen LogP contribution in [-0.4, -0.2) is 79.4 Å². The lowest BCUT2D eigenvalue weighted by molar-refractivity contribution is -0.192. The minimum absolute atomic E-state index is 0.124. The molecule has 32 heavy (non-hydrogen) atoms. The fourth-order valence-corrected chi connectivity index (χ4v) is 4.74. The first-order valence-electron chi connectivity index (χ1n) is 10.8. The van der Waals surface area contributed by atoms with Gasteiger partial charge in [0.15, 0.2) is 0 Å². The van der Waals surface area contributed by atoms with Crippen LogP contribution in [0.1, 0.15) is 41.1 Å². The largest absolute Gasteiger partial charge is 0.490 e. The molecule has 3 heterocycles. The first kappa shape index (κ1) is 24.6. The van der Waals surface area contributed by atoms with E-state index in [1.54, 1.807) is 0 Å². The Morgan fingerprint density at radius 1 is 1.25 bits per heavy atom. The predicted octanol–water partition coefficient (Wildman–Crippen LogP) is 3.35. The number of amides is 1. The lowest BCUT2D eigenvalue weighted by Gasteiger charge is -2.30. The smallest absolute Gasteiger partial charge is 0.475 e. The summed E-state index contributed by atoms with van der Waals surface area (Å²) in [4.78, 5) is 26.3. The molecule has 4 rings (SSSR count). The molecule has 10 heteroatoms. The predicted molar refractivity (Wildman–Crippen MR) is 109 cm³/mol. The molecule has 2 aliphatic heterocycles. The van der Waals surface area contributed by atoms with Gasteiger partial charge in [0.05, 0.1) is 12.2 Å². The highest BCUT2D eigenvalue weighted by molar-refractivity contribution is 5.95. The molecular formula is C22H31F3N2O5. The Morgan fingerprint density at radius 3 is 2.44 bits per heavy atom. The third-order valence-corrected chi connectivity index (χ3v) is 6.54. The van der Waals surface area contributed by atoms with Crippen molar-refractivity contribution in [3.8, 4) is 0 Å². The van der Waals surface area contributed by atoms with E-state index in [1.807, 2.05) is 24.8 Å². The summed E-state index contributed by atoms with van der Waals surface area (Å²) >= 11 is 0. The summed E-state index contributed by atoms with van der Waals surface area (Å²) in [6.45, 7) is 9.37. The number of carbonyl (C=O) groups is 2. The number of furan rings is 1. The second kappa shape index (κ2) is 9.43. The second-order valence-electron chi connectivity index (χ2n) is 9.34. The molecule has 1 saturated carbocycles. The molecule has 0 unspecified atom stereocenters. The van der Waals surface area contributed by atoms with E-state index in [1.165, 1.54) is 12.8 Å². The van der Waals surface area contributed by atoms with Crippen molar-refractivity contribution >= 4 is 11.9 Å². The van der Waals surface area contributed by atoms with Gasteiger partial charge in [-0.25, -0.2) is 4.79 Å². The molecule has 0 aromatic carbocycles. The Bertz CT molecular complexity index is 836. The Hall–Kier alpha value is -2.07. The standard InChI is InChI=1S/C20H30N2O3.C2HF3O2/c1-14-8-18(15(2)25-14)19(23)22-7-6-20(13-22)12-21(3)9-17(20)11-24-10-16-4-5-16;3-2(4,5)1(6)7/h8,16-17H,4-7,9-13H2,1-3H3;(H,6,7)/t17-,20-;/m1./s1. The van der Waals surface area contributed by atoms with Crippen LogP contribution in [-0.2, 0) is 9.53 Å². The number of hydrogen-bond acceptors (Lipinski definition) is 5. The van der Waals surface area contributed by atoms with Crippen LogP contribution in [0.15, 0.2) is 10.5 Å². The third-order valence-electron chi connectivity index (χ3n) is 6.54. The van der Waals surface area contributed by atoms with E-state index < -0.39 is 12.1 Å². The minimum atomic E-state index is -5.08. The zero-order valence-electron chi connectivity index (χ0n) is 18.7. The molecule has 2 atom stereocenters. The van der Waals surface area contributed by atoms with Crippen molar-refractivity contribution in [3.63, 3.8) is 0 Å². The molecule has 1 spiro atoms. The minimum Gasteiger partial charge on any atom is -0.475 e. The molecule has 3 aliphatic rings. The number of halogens is 3. The van der Waals surface area contributed by atoms with Gasteiger partial charge in [-0.2, -0.15) is 13.2 Å². The van der Waals surface area contributed by atoms with Crippen LogP contribution in [0.3, 0.4) is 0 Å². The summed E-state index contributed by atoms with van der Waals surface area (Å²) in [5.74, 6) is 0.245. The quantitative estimate of drug-likeness (QED) is 0.726. The normalized spacial score (nSPS) is 25.8. The van der Waals surface area contributed by atoms with E-state index in [-0.39, 0.29) is 11.3 Å². The van der Waals surface area contributed by atoms with Gasteiger partial charge in [-0.05, 0) is 52.1 Å². The number of likely N-dealkylation sites (tertiary alicyclic amines) is 2. The molecule has 1 amide bonds. The van der Waals surface area contributed by atoms with Gasteiger partial charge in [0.2, 0.25) is 0 Å². The molecule has 2 saturated heterocycles. The molecule has 3 fully saturated rings. The summed E-state index contributed by atoms with van der Waals surface area (Å²) in [6.07, 6.45) is -1.33. The van der Waals surface area contributed by atoms with Gasteiger partial charge in [-0.3, -0.25) is 4.79 Å². The molecule has 1 aromatic rings. The van der Waals surface area contributed by atoms with Gasteiger partial charge in [-0.1, -0.05) is 0 Å². The number of carbonyl (C=O) groups excluding carboxylic acids is 1. The number of aryl methyl sites for hydroxylation is 2. The van der Waals surface area contributed by atoms with E-state index in [2.05, 4.69) is 11.9 Å². The van der Waals surface area contributed by atoms with Gasteiger partial charge < -0.3 is 24.1 Å². The SMILES string of the molecule is Cc1cc(C(=O)N2CC[C@@]3(CN(C)C[C@@H]3COCC3CC3)C2)c(C)o1.O=C(O)C(F)(F)F. The van der Waals surface area contributed by atoms with Gasteiger partial charge in [0.25, 0.3) is 5.91 Å². The van der Waals surface area contributed by atoms with Crippen LogP contribution >= 0.6 is 0 Å². The van der Waals surface area contributed by atoms with Crippen LogP contribution in [0.4, 0.5) is 13.2 Å². The fraction of sp³-hybridized carbons (Fsp3) is 0.727. The fourth-order valence-electron chi connectivity index (χ4n) is 4.74. The molecule has 0 radical (unpaired) electrons. The lowest BCUT2D eigenvalue weighted by atomic mass is 9.77. The molecule has 1 aliphatic carbocycles. The van der Waals surface area contributed by atoms with Crippen molar-refractivity contribution in [2.24, 2.45) is 17.3 Å². The monoisotopic (exact) mass is 460 g/mol. The van der Waals surface area contributed by atoms with Crippen molar-refractivity contribution in [2.75, 3.05) is 46.4 Å². The second-order valence-corrected chi connectivity index (χ2v) is 9.34. The number of carboxylic acid groups (broad SMARTS) is 1. The average Bonchev–Trinajstić information content (AvgIpc) is 3.19. The van der Waals surface area contributed by atoms with E-state index in [0.29, 0.717) is 5.92 Å².